The molecule has 0 spiro atoms. The minimum absolute atomic E-state index is 0.0474. The van der Waals surface area contributed by atoms with Gasteiger partial charge in [0, 0.05) is 12.1 Å². The molecule has 3 aromatic rings. The molecule has 3 rings (SSSR count). The molecule has 30 heavy (non-hydrogen) atoms. The fourth-order valence-electron chi connectivity index (χ4n) is 2.87. The lowest BCUT2D eigenvalue weighted by Crippen LogP contribution is -2.32. The Morgan fingerprint density at radius 3 is 2.43 bits per heavy atom. The molecule has 2 aromatic carbocycles. The van der Waals surface area contributed by atoms with Gasteiger partial charge in [-0.15, -0.1) is 0 Å². The predicted octanol–water partition coefficient (Wildman–Crippen LogP) is 3.98. The number of hydrogen-bond donors (Lipinski definition) is 1. The van der Waals surface area contributed by atoms with E-state index in [1.54, 1.807) is 30.8 Å². The first-order valence-corrected chi connectivity index (χ1v) is 9.77. The van der Waals surface area contributed by atoms with Gasteiger partial charge >= 0.3 is 5.97 Å². The molecule has 0 fully saturated rings. The number of anilines is 1. The number of halogens is 2. The number of amides is 1. The molecule has 0 unspecified atom stereocenters. The van der Waals surface area contributed by atoms with Crippen LogP contribution in [0.4, 0.5) is 5.69 Å². The molecular weight excluding hydrogens is 429 g/mol. The number of esters is 1. The van der Waals surface area contributed by atoms with Crippen LogP contribution in [0.5, 0.6) is 0 Å². The van der Waals surface area contributed by atoms with E-state index in [9.17, 15) is 14.4 Å². The second-order valence-electron chi connectivity index (χ2n) is 6.60. The maximum absolute atomic E-state index is 12.9. The Labute approximate surface area is 182 Å². The van der Waals surface area contributed by atoms with Gasteiger partial charge in [-0.3, -0.25) is 14.3 Å². The summed E-state index contributed by atoms with van der Waals surface area (Å²) in [5, 5.41) is 3.03. The number of nitrogens with one attached hydrogen (secondary N) is 1. The summed E-state index contributed by atoms with van der Waals surface area (Å²) in [7, 11) is 1.71. The smallest absolute Gasteiger partial charge is 0.340 e. The minimum atomic E-state index is -1.17. The van der Waals surface area contributed by atoms with Crippen molar-refractivity contribution in [3.8, 4) is 5.69 Å². The quantitative estimate of drug-likeness (QED) is 0.599. The summed E-state index contributed by atoms with van der Waals surface area (Å²) in [5.41, 5.74) is 0.962. The highest BCUT2D eigenvalue weighted by Gasteiger charge is 2.24. The van der Waals surface area contributed by atoms with Crippen molar-refractivity contribution in [1.82, 2.24) is 9.36 Å². The summed E-state index contributed by atoms with van der Waals surface area (Å²) in [6, 6.07) is 13.4. The number of ether oxygens (including phenoxy) is 1. The second kappa shape index (κ2) is 8.77. The van der Waals surface area contributed by atoms with E-state index in [0.717, 1.165) is 0 Å². The number of carbonyl (C=O) groups excluding carboxylic acids is 2. The maximum Gasteiger partial charge on any atom is 0.340 e. The first-order chi connectivity index (χ1) is 14.2. The van der Waals surface area contributed by atoms with E-state index < -0.39 is 23.5 Å². The van der Waals surface area contributed by atoms with Crippen LogP contribution in [0.15, 0.2) is 53.3 Å². The van der Waals surface area contributed by atoms with E-state index in [1.807, 2.05) is 18.2 Å². The largest absolute Gasteiger partial charge is 0.449 e. The van der Waals surface area contributed by atoms with E-state index in [1.165, 1.54) is 29.8 Å². The van der Waals surface area contributed by atoms with E-state index in [2.05, 4.69) is 5.32 Å². The van der Waals surface area contributed by atoms with Gasteiger partial charge in [0.05, 0.1) is 22.0 Å². The highest BCUT2D eigenvalue weighted by molar-refractivity contribution is 6.35. The van der Waals surface area contributed by atoms with Gasteiger partial charge in [-0.2, -0.15) is 0 Å². The first-order valence-electron chi connectivity index (χ1n) is 9.01. The molecular formula is C21H19Cl2N3O4. The van der Waals surface area contributed by atoms with Gasteiger partial charge in [-0.25, -0.2) is 9.48 Å². The Balaban J connectivity index is 1.80. The standard InChI is InChI=1S/C21H19Cl2N3O4/c1-12-18(20(28)26(25(12)3)15-7-5-4-6-8-15)24-19(27)13(2)30-21(29)16-11-14(22)9-10-17(16)23/h4-11,13H,1-3H3,(H,24,27)/t13-/m0/s1. The van der Waals surface area contributed by atoms with Crippen LogP contribution in [0, 0.1) is 6.92 Å². The number of hydrogen-bond acceptors (Lipinski definition) is 4. The second-order valence-corrected chi connectivity index (χ2v) is 7.44. The summed E-state index contributed by atoms with van der Waals surface area (Å²) in [6.45, 7) is 3.11. The molecule has 1 N–H and O–H groups in total. The SMILES string of the molecule is Cc1c(NC(=O)[C@H](C)OC(=O)c2cc(Cl)ccc2Cl)c(=O)n(-c2ccccc2)n1C. The Bertz CT molecular complexity index is 1170. The highest BCUT2D eigenvalue weighted by atomic mass is 35.5. The minimum Gasteiger partial charge on any atom is -0.449 e. The van der Waals surface area contributed by atoms with E-state index >= 15 is 0 Å². The third-order valence-corrected chi connectivity index (χ3v) is 5.17. The van der Waals surface area contributed by atoms with Crippen molar-refractivity contribution < 1.29 is 14.3 Å². The van der Waals surface area contributed by atoms with Crippen molar-refractivity contribution >= 4 is 40.8 Å². The highest BCUT2D eigenvalue weighted by Crippen LogP contribution is 2.22. The predicted molar refractivity (Wildman–Crippen MR) is 116 cm³/mol. The average Bonchev–Trinajstić information content (AvgIpc) is 2.93. The molecule has 1 atom stereocenters. The van der Waals surface area contributed by atoms with Crippen LogP contribution in [0.1, 0.15) is 23.0 Å². The number of para-hydroxylation sites is 1. The van der Waals surface area contributed by atoms with Crippen molar-refractivity contribution in [2.75, 3.05) is 5.32 Å². The molecule has 0 saturated carbocycles. The van der Waals surface area contributed by atoms with Crippen LogP contribution in [0.25, 0.3) is 5.69 Å². The Morgan fingerprint density at radius 2 is 1.77 bits per heavy atom. The van der Waals surface area contributed by atoms with Crippen LogP contribution in [-0.4, -0.2) is 27.3 Å². The van der Waals surface area contributed by atoms with Crippen LogP contribution in [-0.2, 0) is 16.6 Å². The lowest BCUT2D eigenvalue weighted by atomic mass is 10.2. The molecule has 7 nitrogen and oxygen atoms in total. The third kappa shape index (κ3) is 4.27. The van der Waals surface area contributed by atoms with Crippen molar-refractivity contribution in [2.45, 2.75) is 20.0 Å². The van der Waals surface area contributed by atoms with Crippen molar-refractivity contribution in [2.24, 2.45) is 7.05 Å². The molecule has 1 heterocycles. The Kier molecular flexibility index (Phi) is 6.34. The molecule has 0 bridgehead atoms. The number of rotatable bonds is 5. The monoisotopic (exact) mass is 447 g/mol. The number of carbonyl (C=O) groups is 2. The van der Waals surface area contributed by atoms with E-state index in [4.69, 9.17) is 27.9 Å². The number of nitrogens with zero attached hydrogens (tertiary/aromatic N) is 2. The van der Waals surface area contributed by atoms with Gasteiger partial charge in [0.2, 0.25) is 0 Å². The summed E-state index contributed by atoms with van der Waals surface area (Å²) >= 11 is 11.9. The molecule has 0 aliphatic carbocycles. The molecule has 156 valence electrons. The summed E-state index contributed by atoms with van der Waals surface area (Å²) in [6.07, 6.45) is -1.17. The zero-order chi connectivity index (χ0) is 22.0. The van der Waals surface area contributed by atoms with Crippen LogP contribution in [0.3, 0.4) is 0 Å². The molecule has 0 radical (unpaired) electrons. The van der Waals surface area contributed by atoms with E-state index in [0.29, 0.717) is 16.4 Å². The van der Waals surface area contributed by atoms with Gasteiger partial charge in [0.25, 0.3) is 11.5 Å². The Morgan fingerprint density at radius 1 is 1.10 bits per heavy atom. The van der Waals surface area contributed by atoms with Crippen molar-refractivity contribution in [3.05, 3.63) is 80.2 Å². The normalized spacial score (nSPS) is 11.8. The van der Waals surface area contributed by atoms with Crippen molar-refractivity contribution in [3.63, 3.8) is 0 Å². The van der Waals surface area contributed by atoms with E-state index in [-0.39, 0.29) is 16.3 Å². The van der Waals surface area contributed by atoms with Crippen LogP contribution >= 0.6 is 23.2 Å². The summed E-state index contributed by atoms with van der Waals surface area (Å²) < 4.78 is 8.27. The van der Waals surface area contributed by atoms with Gasteiger partial charge < -0.3 is 10.1 Å². The van der Waals surface area contributed by atoms with Gasteiger partial charge in [0.1, 0.15) is 5.69 Å². The summed E-state index contributed by atoms with van der Waals surface area (Å²) in [4.78, 5) is 37.8. The number of aromatic nitrogens is 2. The third-order valence-electron chi connectivity index (χ3n) is 4.60. The number of benzene rings is 2. The molecule has 1 amide bonds. The van der Waals surface area contributed by atoms with Crippen LogP contribution < -0.4 is 10.9 Å². The summed E-state index contributed by atoms with van der Waals surface area (Å²) in [5.74, 6) is -1.44. The van der Waals surface area contributed by atoms with Gasteiger partial charge in [0.15, 0.2) is 6.10 Å². The lowest BCUT2D eigenvalue weighted by Gasteiger charge is -2.13. The molecule has 0 aliphatic heterocycles. The average molecular weight is 448 g/mol. The maximum atomic E-state index is 12.9. The lowest BCUT2D eigenvalue weighted by molar-refractivity contribution is -0.123. The zero-order valence-electron chi connectivity index (χ0n) is 16.5. The first kappa shape index (κ1) is 21.7. The molecule has 0 aliphatic rings. The topological polar surface area (TPSA) is 82.3 Å². The zero-order valence-corrected chi connectivity index (χ0v) is 18.0. The molecule has 0 saturated heterocycles. The molecule has 9 heteroatoms. The van der Waals surface area contributed by atoms with Crippen LogP contribution in [0.2, 0.25) is 10.0 Å². The molecule has 1 aromatic heterocycles. The fourth-order valence-corrected chi connectivity index (χ4v) is 3.24. The fraction of sp³-hybridized carbons (Fsp3) is 0.190. The Hall–Kier alpha value is -3.03. The van der Waals surface area contributed by atoms with Gasteiger partial charge in [-0.05, 0) is 44.2 Å². The van der Waals surface area contributed by atoms with Crippen molar-refractivity contribution in [1.29, 1.82) is 0 Å². The van der Waals surface area contributed by atoms with Gasteiger partial charge in [-0.1, -0.05) is 41.4 Å².